The van der Waals surface area contributed by atoms with Gasteiger partial charge in [0.05, 0.1) is 0 Å². The van der Waals surface area contributed by atoms with Gasteiger partial charge in [-0.1, -0.05) is 60.8 Å². The zero-order chi connectivity index (χ0) is 13.1. The number of thioether (sulfide) groups is 1. The van der Waals surface area contributed by atoms with Crippen LogP contribution in [0.25, 0.3) is 12.2 Å². The van der Waals surface area contributed by atoms with Gasteiger partial charge in [0.15, 0.2) is 0 Å². The zero-order valence-electron chi connectivity index (χ0n) is 10.6. The van der Waals surface area contributed by atoms with Crippen molar-refractivity contribution in [3.05, 3.63) is 86.7 Å². The highest BCUT2D eigenvalue weighted by Crippen LogP contribution is 2.31. The van der Waals surface area contributed by atoms with Gasteiger partial charge in [-0.3, -0.25) is 0 Å². The fourth-order valence-electron chi connectivity index (χ4n) is 2.17. The maximum Gasteiger partial charge on any atom is 0.0234 e. The minimum absolute atomic E-state index is 0.934. The summed E-state index contributed by atoms with van der Waals surface area (Å²) in [5, 5.41) is 2.51. The zero-order valence-corrected chi connectivity index (χ0v) is 11.4. The average Bonchev–Trinajstić information content (AvgIpc) is 2.59. The van der Waals surface area contributed by atoms with Gasteiger partial charge in [0.25, 0.3) is 0 Å². The molecule has 0 fully saturated rings. The predicted octanol–water partition coefficient (Wildman–Crippen LogP) is 3.43. The summed E-state index contributed by atoms with van der Waals surface area (Å²) < 4.78 is 0. The molecule has 0 amide bonds. The molecule has 2 aliphatic rings. The molecule has 1 aliphatic heterocycles. The summed E-state index contributed by atoms with van der Waals surface area (Å²) in [4.78, 5) is 2.29. The van der Waals surface area contributed by atoms with Crippen molar-refractivity contribution in [1.29, 1.82) is 0 Å². The first-order chi connectivity index (χ1) is 9.33. The molecule has 0 radical (unpaired) electrons. The number of hydrogen-bond acceptors (Lipinski definition) is 1. The summed E-state index contributed by atoms with van der Waals surface area (Å²) in [7, 11) is 0. The molecule has 0 bridgehead atoms. The molecule has 1 aliphatic carbocycles. The van der Waals surface area contributed by atoms with Crippen LogP contribution < -0.4 is 10.4 Å². The van der Waals surface area contributed by atoms with Crippen LogP contribution in [-0.4, -0.2) is 0 Å². The van der Waals surface area contributed by atoms with Crippen LogP contribution in [0.1, 0.15) is 6.42 Å². The smallest absolute Gasteiger partial charge is 0.0234 e. The summed E-state index contributed by atoms with van der Waals surface area (Å²) in [6, 6.07) is 8.44. The SMILES string of the molecule is C=C1/C=c2/cccc/c2=C/CC2=C(C=C=CC=C2)S1. The molecule has 0 spiro atoms. The van der Waals surface area contributed by atoms with Crippen molar-refractivity contribution >= 4 is 23.9 Å². The van der Waals surface area contributed by atoms with E-state index in [4.69, 9.17) is 0 Å². The predicted molar refractivity (Wildman–Crippen MR) is 84.8 cm³/mol. The van der Waals surface area contributed by atoms with Crippen molar-refractivity contribution in [2.75, 3.05) is 0 Å². The van der Waals surface area contributed by atoms with Crippen LogP contribution in [-0.2, 0) is 0 Å². The Morgan fingerprint density at radius 3 is 2.89 bits per heavy atom. The molecule has 1 aromatic carbocycles. The lowest BCUT2D eigenvalue weighted by Crippen LogP contribution is -2.23. The Kier molecular flexibility index (Phi) is 3.41. The van der Waals surface area contributed by atoms with Crippen LogP contribution in [0.4, 0.5) is 0 Å². The summed E-state index contributed by atoms with van der Waals surface area (Å²) in [6.07, 6.45) is 13.6. The molecule has 19 heavy (non-hydrogen) atoms. The van der Waals surface area contributed by atoms with Gasteiger partial charge in [-0.2, -0.15) is 0 Å². The molecule has 0 saturated heterocycles. The summed E-state index contributed by atoms with van der Waals surface area (Å²) in [5.41, 5.74) is 4.49. The molecule has 0 nitrogen and oxygen atoms in total. The molecule has 0 aromatic heterocycles. The van der Waals surface area contributed by atoms with E-state index in [1.165, 1.54) is 20.9 Å². The van der Waals surface area contributed by atoms with Gasteiger partial charge in [0.1, 0.15) is 0 Å². The van der Waals surface area contributed by atoms with Crippen LogP contribution in [0.5, 0.6) is 0 Å². The lowest BCUT2D eigenvalue weighted by atomic mass is 10.1. The fourth-order valence-corrected chi connectivity index (χ4v) is 3.05. The van der Waals surface area contributed by atoms with E-state index >= 15 is 0 Å². The third-order valence-corrected chi connectivity index (χ3v) is 4.10. The summed E-state index contributed by atoms with van der Waals surface area (Å²) in [5.74, 6) is 0. The normalized spacial score (nSPS) is 20.9. The molecule has 0 unspecified atom stereocenters. The second-order valence-electron chi connectivity index (χ2n) is 4.48. The Hall–Kier alpha value is -1.95. The van der Waals surface area contributed by atoms with Gasteiger partial charge in [-0.05, 0) is 40.7 Å². The van der Waals surface area contributed by atoms with Crippen LogP contribution in [0.3, 0.4) is 0 Å². The average molecular weight is 262 g/mol. The molecule has 0 N–H and O–H groups in total. The first-order valence-corrected chi connectivity index (χ1v) is 7.10. The van der Waals surface area contributed by atoms with E-state index in [1.807, 2.05) is 18.2 Å². The molecular weight excluding hydrogens is 248 g/mol. The summed E-state index contributed by atoms with van der Waals surface area (Å²) >= 11 is 1.72. The fraction of sp³-hybridized carbons (Fsp3) is 0.0556. The number of allylic oxidation sites excluding steroid dienone is 5. The van der Waals surface area contributed by atoms with Gasteiger partial charge >= 0.3 is 0 Å². The van der Waals surface area contributed by atoms with Crippen LogP contribution in [0.15, 0.2) is 76.3 Å². The second-order valence-corrected chi connectivity index (χ2v) is 5.64. The van der Waals surface area contributed by atoms with Crippen molar-refractivity contribution in [1.82, 2.24) is 0 Å². The van der Waals surface area contributed by atoms with Gasteiger partial charge in [-0.25, -0.2) is 0 Å². The molecular formula is C18H14S. The monoisotopic (exact) mass is 262 g/mol. The van der Waals surface area contributed by atoms with Crippen LogP contribution in [0, 0.1) is 0 Å². The Morgan fingerprint density at radius 1 is 1.16 bits per heavy atom. The Labute approximate surface area is 117 Å². The van der Waals surface area contributed by atoms with Crippen molar-refractivity contribution in [3.63, 3.8) is 0 Å². The molecule has 1 heteroatoms. The van der Waals surface area contributed by atoms with Gasteiger partial charge in [0, 0.05) is 9.81 Å². The third-order valence-electron chi connectivity index (χ3n) is 3.12. The van der Waals surface area contributed by atoms with Crippen LogP contribution >= 0.6 is 11.8 Å². The van der Waals surface area contributed by atoms with E-state index in [-0.39, 0.29) is 0 Å². The van der Waals surface area contributed by atoms with Crippen molar-refractivity contribution in [3.8, 4) is 0 Å². The van der Waals surface area contributed by atoms with Gasteiger partial charge < -0.3 is 0 Å². The van der Waals surface area contributed by atoms with Crippen molar-refractivity contribution in [2.45, 2.75) is 6.42 Å². The standard InChI is InChI=1S/C18H14S/c1-14-13-17-9-6-5-7-15(17)11-12-16-8-3-2-4-10-18(16)19-14/h2-3,5-11,13H,1,12H2/b15-11-,17-13-. The first-order valence-electron chi connectivity index (χ1n) is 6.29. The lowest BCUT2D eigenvalue weighted by molar-refractivity contribution is 1.33. The molecule has 1 aromatic rings. The summed E-state index contributed by atoms with van der Waals surface area (Å²) in [6.45, 7) is 4.16. The van der Waals surface area contributed by atoms with E-state index in [0.717, 1.165) is 11.3 Å². The quantitative estimate of drug-likeness (QED) is 0.645. The minimum Gasteiger partial charge on any atom is -0.120 e. The maximum atomic E-state index is 4.16. The maximum absolute atomic E-state index is 4.16. The lowest BCUT2D eigenvalue weighted by Gasteiger charge is -2.05. The topological polar surface area (TPSA) is 0 Å². The van der Waals surface area contributed by atoms with E-state index in [9.17, 15) is 0 Å². The Morgan fingerprint density at radius 2 is 2.00 bits per heavy atom. The number of fused-ring (bicyclic) bond motifs is 1. The van der Waals surface area contributed by atoms with Gasteiger partial charge in [-0.15, -0.1) is 5.73 Å². The highest BCUT2D eigenvalue weighted by molar-refractivity contribution is 8.07. The molecule has 1 heterocycles. The van der Waals surface area contributed by atoms with Crippen molar-refractivity contribution < 1.29 is 0 Å². The number of rotatable bonds is 0. The van der Waals surface area contributed by atoms with Crippen molar-refractivity contribution in [2.24, 2.45) is 0 Å². The first kappa shape index (κ1) is 12.1. The van der Waals surface area contributed by atoms with Crippen LogP contribution in [0.2, 0.25) is 0 Å². The van der Waals surface area contributed by atoms with E-state index < -0.39 is 0 Å². The molecule has 0 atom stereocenters. The Bertz CT molecular complexity index is 766. The Balaban J connectivity index is 2.18. The largest absolute Gasteiger partial charge is 0.120 e. The minimum atomic E-state index is 0.934. The molecule has 3 rings (SSSR count). The number of benzene rings is 1. The van der Waals surface area contributed by atoms with E-state index in [1.54, 1.807) is 11.8 Å². The number of hydrogen-bond donors (Lipinski definition) is 0. The third kappa shape index (κ3) is 2.73. The van der Waals surface area contributed by atoms with E-state index in [0.29, 0.717) is 0 Å². The molecule has 92 valence electrons. The highest BCUT2D eigenvalue weighted by Gasteiger charge is 2.06. The van der Waals surface area contributed by atoms with E-state index in [2.05, 4.69) is 54.8 Å². The second kappa shape index (κ2) is 5.36. The van der Waals surface area contributed by atoms with Gasteiger partial charge in [0.2, 0.25) is 0 Å². The highest BCUT2D eigenvalue weighted by atomic mass is 32.2. The molecule has 0 saturated carbocycles.